The molecular formula is C12H22N2O2. The van der Waals surface area contributed by atoms with Crippen LogP contribution in [0.1, 0.15) is 25.7 Å². The molecule has 0 heterocycles. The maximum atomic E-state index is 11.6. The molecule has 2 saturated carbocycles. The van der Waals surface area contributed by atoms with E-state index in [2.05, 4.69) is 10.6 Å². The lowest BCUT2D eigenvalue weighted by Gasteiger charge is -2.22. The van der Waals surface area contributed by atoms with Crippen LogP contribution in [0.25, 0.3) is 0 Å². The van der Waals surface area contributed by atoms with E-state index in [9.17, 15) is 4.79 Å². The van der Waals surface area contributed by atoms with Crippen LogP contribution in [0.3, 0.4) is 0 Å². The zero-order chi connectivity index (χ0) is 11.4. The number of amides is 1. The summed E-state index contributed by atoms with van der Waals surface area (Å²) in [7, 11) is 1.66. The Kier molecular flexibility index (Phi) is 4.18. The van der Waals surface area contributed by atoms with E-state index in [1.807, 2.05) is 0 Å². The number of hydrogen-bond acceptors (Lipinski definition) is 3. The molecule has 4 heteroatoms. The number of nitrogens with one attached hydrogen (secondary N) is 2. The second-order valence-corrected chi connectivity index (χ2v) is 5.02. The minimum atomic E-state index is 0.133. The van der Waals surface area contributed by atoms with Crippen molar-refractivity contribution in [3.05, 3.63) is 0 Å². The van der Waals surface area contributed by atoms with Crippen LogP contribution in [0.4, 0.5) is 0 Å². The van der Waals surface area contributed by atoms with Gasteiger partial charge in [0.1, 0.15) is 0 Å². The van der Waals surface area contributed by atoms with Gasteiger partial charge in [-0.1, -0.05) is 6.42 Å². The predicted molar refractivity (Wildman–Crippen MR) is 62.1 cm³/mol. The van der Waals surface area contributed by atoms with E-state index < -0.39 is 0 Å². The molecule has 0 spiro atoms. The van der Waals surface area contributed by atoms with Gasteiger partial charge in [0.15, 0.2) is 0 Å². The fourth-order valence-corrected chi connectivity index (χ4v) is 3.06. The molecular weight excluding hydrogens is 204 g/mol. The molecule has 16 heavy (non-hydrogen) atoms. The van der Waals surface area contributed by atoms with Gasteiger partial charge in [-0.05, 0) is 31.1 Å². The lowest BCUT2D eigenvalue weighted by atomic mass is 9.95. The molecule has 92 valence electrons. The normalized spacial score (nSPS) is 31.9. The average molecular weight is 226 g/mol. The molecule has 1 amide bonds. The van der Waals surface area contributed by atoms with Crippen molar-refractivity contribution < 1.29 is 9.53 Å². The Morgan fingerprint density at radius 3 is 2.88 bits per heavy atom. The summed E-state index contributed by atoms with van der Waals surface area (Å²) in [5.74, 6) is 1.78. The number of carbonyl (C=O) groups excluding carboxylic acids is 1. The number of carbonyl (C=O) groups is 1. The zero-order valence-corrected chi connectivity index (χ0v) is 10.00. The van der Waals surface area contributed by atoms with Crippen LogP contribution < -0.4 is 10.6 Å². The molecule has 0 aromatic heterocycles. The second-order valence-electron chi connectivity index (χ2n) is 5.02. The van der Waals surface area contributed by atoms with Crippen molar-refractivity contribution in [2.75, 3.05) is 26.8 Å². The molecule has 3 atom stereocenters. The number of fused-ring (bicyclic) bond motifs is 2. The van der Waals surface area contributed by atoms with E-state index in [4.69, 9.17) is 4.74 Å². The molecule has 2 N–H and O–H groups in total. The summed E-state index contributed by atoms with van der Waals surface area (Å²) >= 11 is 0. The van der Waals surface area contributed by atoms with Gasteiger partial charge in [0, 0.05) is 19.7 Å². The molecule has 0 aliphatic heterocycles. The summed E-state index contributed by atoms with van der Waals surface area (Å²) in [6.45, 7) is 1.80. The highest BCUT2D eigenvalue weighted by atomic mass is 16.5. The fourth-order valence-electron chi connectivity index (χ4n) is 3.06. The molecule has 4 nitrogen and oxygen atoms in total. The largest absolute Gasteiger partial charge is 0.383 e. The Balaban J connectivity index is 1.60. The van der Waals surface area contributed by atoms with Crippen molar-refractivity contribution in [3.63, 3.8) is 0 Å². The second kappa shape index (κ2) is 5.64. The van der Waals surface area contributed by atoms with Crippen LogP contribution in [-0.4, -0.2) is 38.8 Å². The van der Waals surface area contributed by atoms with Crippen LogP contribution in [0.2, 0.25) is 0 Å². The molecule has 0 aromatic carbocycles. The first-order chi connectivity index (χ1) is 7.79. The topological polar surface area (TPSA) is 50.4 Å². The van der Waals surface area contributed by atoms with E-state index in [0.717, 1.165) is 18.4 Å². The standard InChI is InChI=1S/C12H22N2O2/c1-16-5-4-13-8-12(15)14-11-7-9-2-3-10(11)6-9/h9-11,13H,2-8H2,1H3,(H,14,15). The number of hydrogen-bond donors (Lipinski definition) is 2. The quantitative estimate of drug-likeness (QED) is 0.649. The Labute approximate surface area is 97.1 Å². The number of methoxy groups -OCH3 is 1. The van der Waals surface area contributed by atoms with Crippen LogP contribution in [0, 0.1) is 11.8 Å². The third-order valence-corrected chi connectivity index (χ3v) is 3.85. The summed E-state index contributed by atoms with van der Waals surface area (Å²) in [5.41, 5.74) is 0. The molecule has 2 rings (SSSR count). The summed E-state index contributed by atoms with van der Waals surface area (Å²) in [6, 6.07) is 0.454. The minimum absolute atomic E-state index is 0.133. The van der Waals surface area contributed by atoms with E-state index in [0.29, 0.717) is 19.2 Å². The Hall–Kier alpha value is -0.610. The van der Waals surface area contributed by atoms with Gasteiger partial charge in [-0.2, -0.15) is 0 Å². The van der Waals surface area contributed by atoms with Crippen molar-refractivity contribution in [1.29, 1.82) is 0 Å². The molecule has 0 aromatic rings. The lowest BCUT2D eigenvalue weighted by Crippen LogP contribution is -2.43. The third kappa shape index (κ3) is 2.95. The van der Waals surface area contributed by atoms with Crippen molar-refractivity contribution >= 4 is 5.91 Å². The smallest absolute Gasteiger partial charge is 0.234 e. The third-order valence-electron chi connectivity index (χ3n) is 3.85. The van der Waals surface area contributed by atoms with Crippen molar-refractivity contribution in [1.82, 2.24) is 10.6 Å². The Morgan fingerprint density at radius 1 is 1.38 bits per heavy atom. The molecule has 0 saturated heterocycles. The van der Waals surface area contributed by atoms with Gasteiger partial charge >= 0.3 is 0 Å². The highest BCUT2D eigenvalue weighted by molar-refractivity contribution is 5.78. The van der Waals surface area contributed by atoms with E-state index in [-0.39, 0.29) is 5.91 Å². The summed E-state index contributed by atoms with van der Waals surface area (Å²) in [6.07, 6.45) is 5.23. The molecule has 3 unspecified atom stereocenters. The van der Waals surface area contributed by atoms with Gasteiger partial charge in [0.05, 0.1) is 13.2 Å². The molecule has 2 bridgehead atoms. The van der Waals surface area contributed by atoms with Crippen LogP contribution in [0.5, 0.6) is 0 Å². The van der Waals surface area contributed by atoms with Gasteiger partial charge in [-0.15, -0.1) is 0 Å². The zero-order valence-electron chi connectivity index (χ0n) is 10.00. The first-order valence-corrected chi connectivity index (χ1v) is 6.28. The van der Waals surface area contributed by atoms with Crippen LogP contribution >= 0.6 is 0 Å². The predicted octanol–water partition coefficient (Wildman–Crippen LogP) is 0.527. The maximum Gasteiger partial charge on any atom is 0.234 e. The number of ether oxygens (including phenoxy) is 1. The Bertz CT molecular complexity index is 245. The highest BCUT2D eigenvalue weighted by Crippen LogP contribution is 2.44. The summed E-state index contributed by atoms with van der Waals surface area (Å²) in [5, 5.41) is 6.21. The Morgan fingerprint density at radius 2 is 2.25 bits per heavy atom. The first-order valence-electron chi connectivity index (χ1n) is 6.28. The number of rotatable bonds is 6. The SMILES string of the molecule is COCCNCC(=O)NC1CC2CCC1C2. The van der Waals surface area contributed by atoms with E-state index >= 15 is 0 Å². The molecule has 0 radical (unpaired) electrons. The van der Waals surface area contributed by atoms with Gasteiger partial charge in [-0.25, -0.2) is 0 Å². The van der Waals surface area contributed by atoms with Crippen molar-refractivity contribution in [2.24, 2.45) is 11.8 Å². The van der Waals surface area contributed by atoms with Crippen molar-refractivity contribution in [3.8, 4) is 0 Å². The highest BCUT2D eigenvalue weighted by Gasteiger charge is 2.39. The first kappa shape index (κ1) is 11.9. The summed E-state index contributed by atoms with van der Waals surface area (Å²) in [4.78, 5) is 11.6. The minimum Gasteiger partial charge on any atom is -0.383 e. The van der Waals surface area contributed by atoms with E-state index in [1.54, 1.807) is 7.11 Å². The fraction of sp³-hybridized carbons (Fsp3) is 0.917. The monoisotopic (exact) mass is 226 g/mol. The lowest BCUT2D eigenvalue weighted by molar-refractivity contribution is -0.121. The maximum absolute atomic E-state index is 11.6. The van der Waals surface area contributed by atoms with Gasteiger partial charge in [-0.3, -0.25) is 4.79 Å². The van der Waals surface area contributed by atoms with Crippen LogP contribution in [0.15, 0.2) is 0 Å². The average Bonchev–Trinajstić information content (AvgIpc) is 2.86. The van der Waals surface area contributed by atoms with Crippen LogP contribution in [-0.2, 0) is 9.53 Å². The molecule has 2 fully saturated rings. The van der Waals surface area contributed by atoms with E-state index in [1.165, 1.54) is 25.7 Å². The summed E-state index contributed by atoms with van der Waals surface area (Å²) < 4.78 is 4.90. The molecule has 2 aliphatic rings. The van der Waals surface area contributed by atoms with Gasteiger partial charge in [0.2, 0.25) is 5.91 Å². The van der Waals surface area contributed by atoms with Gasteiger partial charge < -0.3 is 15.4 Å². The van der Waals surface area contributed by atoms with Crippen molar-refractivity contribution in [2.45, 2.75) is 31.7 Å². The van der Waals surface area contributed by atoms with Gasteiger partial charge in [0.25, 0.3) is 0 Å². The molecule has 2 aliphatic carbocycles.